The number of anilines is 1. The van der Waals surface area contributed by atoms with Gasteiger partial charge < -0.3 is 60.3 Å². The van der Waals surface area contributed by atoms with Crippen molar-refractivity contribution in [1.82, 2.24) is 25.3 Å². The summed E-state index contributed by atoms with van der Waals surface area (Å²) >= 11 is 1.06. The number of carbonyl (C=O) groups is 8. The molecule has 458 valence electrons. The molecule has 1 fully saturated rings. The normalized spacial score (nSPS) is 18.5. The molecule has 0 aromatic heterocycles. The van der Waals surface area contributed by atoms with Crippen LogP contribution in [-0.2, 0) is 28.8 Å². The van der Waals surface area contributed by atoms with Gasteiger partial charge in [0.15, 0.2) is 23.0 Å². The van der Waals surface area contributed by atoms with E-state index in [2.05, 4.69) is 16.0 Å². The second-order valence-electron chi connectivity index (χ2n) is 21.9. The number of fused-ring (bicyclic) bond motifs is 4. The van der Waals surface area contributed by atoms with Crippen LogP contribution in [0.3, 0.4) is 0 Å². The molecule has 87 heavy (non-hydrogen) atoms. The minimum Gasteiger partial charge on any atom is -0.497 e. The molecule has 0 spiro atoms. The number of amides is 7. The molecule has 5 aliphatic rings. The van der Waals surface area contributed by atoms with E-state index >= 15 is 0 Å². The van der Waals surface area contributed by atoms with Crippen molar-refractivity contribution in [1.29, 1.82) is 0 Å². The van der Waals surface area contributed by atoms with Crippen molar-refractivity contribution in [2.45, 2.75) is 108 Å². The van der Waals surface area contributed by atoms with Gasteiger partial charge in [-0.3, -0.25) is 53.2 Å². The van der Waals surface area contributed by atoms with Crippen LogP contribution in [0.5, 0.6) is 28.7 Å². The number of rotatable bonds is 27. The van der Waals surface area contributed by atoms with Crippen molar-refractivity contribution in [3.8, 4) is 28.7 Å². The first-order valence-corrected chi connectivity index (χ1v) is 29.8. The summed E-state index contributed by atoms with van der Waals surface area (Å²) in [4.78, 5) is 118. The first-order valence-electron chi connectivity index (χ1n) is 28.8. The van der Waals surface area contributed by atoms with Crippen molar-refractivity contribution >= 4 is 99.7 Å². The number of nitrogens with two attached hydrogens (primary N) is 1. The zero-order valence-corrected chi connectivity index (χ0v) is 50.1. The molecule has 24 heteroatoms. The summed E-state index contributed by atoms with van der Waals surface area (Å²) < 4.78 is 29.0. The van der Waals surface area contributed by atoms with E-state index in [1.807, 2.05) is 42.6 Å². The van der Waals surface area contributed by atoms with Gasteiger partial charge >= 0.3 is 5.97 Å². The number of aliphatic imine (C=N–C) groups is 2. The van der Waals surface area contributed by atoms with Crippen LogP contribution in [0.25, 0.3) is 11.1 Å². The summed E-state index contributed by atoms with van der Waals surface area (Å²) in [6, 6.07) is 17.9. The van der Waals surface area contributed by atoms with Gasteiger partial charge in [-0.05, 0) is 84.4 Å². The lowest BCUT2D eigenvalue weighted by Gasteiger charge is -2.24. The van der Waals surface area contributed by atoms with Crippen molar-refractivity contribution in [2.24, 2.45) is 21.6 Å². The monoisotopic (exact) mass is 1210 g/mol. The third-order valence-corrected chi connectivity index (χ3v) is 16.8. The number of carboxylic acid groups (broad SMARTS) is 1. The molecule has 0 saturated carbocycles. The number of imide groups is 1. The maximum Gasteiger partial charge on any atom is 0.321 e. The van der Waals surface area contributed by atoms with Crippen molar-refractivity contribution in [3.63, 3.8) is 0 Å². The Morgan fingerprint density at radius 1 is 0.678 bits per heavy atom. The fourth-order valence-electron chi connectivity index (χ4n) is 10.6. The average molecular weight is 1210 g/mol. The summed E-state index contributed by atoms with van der Waals surface area (Å²) in [5, 5.41) is 16.6. The topological polar surface area (TPSA) is 299 Å². The summed E-state index contributed by atoms with van der Waals surface area (Å²) in [6.07, 6.45) is 10.3. The minimum atomic E-state index is -1.18. The molecule has 5 heterocycles. The molecule has 6 atom stereocenters. The summed E-state index contributed by atoms with van der Waals surface area (Å²) in [5.41, 5.74) is 11.4. The SMILES string of the molecule is COc1ccc(C2=CN3C(=O)c4cc(OC)c(OCCCOc5cc6c(cc5OC)C(=O)N5C=C(c7ccc(NC(=O)C(C)NC(=O)C(NC(=O)CCCCCN8C(=O)CC(SCC(N)C(=O)O)C8=O)C(C)C)cc7)CC5C=N6)cc4N=CC3C2)cc1. The van der Waals surface area contributed by atoms with Crippen molar-refractivity contribution in [3.05, 3.63) is 107 Å². The van der Waals surface area contributed by atoms with Gasteiger partial charge in [-0.1, -0.05) is 44.5 Å². The van der Waals surface area contributed by atoms with E-state index < -0.39 is 41.2 Å². The fourth-order valence-corrected chi connectivity index (χ4v) is 11.7. The smallest absolute Gasteiger partial charge is 0.321 e. The number of benzene rings is 4. The van der Waals surface area contributed by atoms with E-state index in [0.717, 1.165) is 39.8 Å². The molecule has 23 nitrogen and oxygen atoms in total. The second-order valence-corrected chi connectivity index (χ2v) is 23.1. The number of nitrogens with zero attached hydrogens (tertiary/aromatic N) is 5. The molecule has 9 rings (SSSR count). The molecule has 4 aromatic rings. The Bertz CT molecular complexity index is 3440. The molecular weight excluding hydrogens is 1140 g/mol. The van der Waals surface area contributed by atoms with Crippen LogP contribution in [0.2, 0.25) is 0 Å². The summed E-state index contributed by atoms with van der Waals surface area (Å²) in [6.45, 7) is 5.76. The highest BCUT2D eigenvalue weighted by Crippen LogP contribution is 2.42. The first kappa shape index (κ1) is 62.5. The maximum absolute atomic E-state index is 14.1. The Balaban J connectivity index is 0.715. The van der Waals surface area contributed by atoms with Crippen LogP contribution in [0.1, 0.15) is 104 Å². The largest absolute Gasteiger partial charge is 0.497 e. The Morgan fingerprint density at radius 2 is 1.23 bits per heavy atom. The van der Waals surface area contributed by atoms with E-state index in [4.69, 9.17) is 44.5 Å². The van der Waals surface area contributed by atoms with E-state index in [1.54, 1.807) is 92.7 Å². The number of unbranched alkanes of at least 4 members (excludes halogenated alkanes) is 2. The standard InChI is InChI=1S/C63H71N9O14S/c1-35(2)57(69-55(73)11-8-7-9-20-70-56(74)29-54(62(70)79)87-34-47(64)63(80)81)59(76)67-36(3)58(75)68-41-16-12-37(13-17-41)39-23-42-30-65-48-27-52(50(83-5)25-45(48)60(77)71(42)32-39)85-21-10-22-86-53-28-49-46(26-51(53)84-6)61(78)72-33-40(24-43(72)31-66-49)38-14-18-44(82-4)19-15-38/h12-19,25-28,30-33,35-36,42-43,47,54,57H,7-11,20-24,29,34,64H2,1-6H3,(H,67,76)(H,68,75)(H,69,73)(H,80,81). The van der Waals surface area contributed by atoms with Crippen LogP contribution in [0.4, 0.5) is 17.1 Å². The van der Waals surface area contributed by atoms with Crippen LogP contribution in [0, 0.1) is 5.92 Å². The van der Waals surface area contributed by atoms with Gasteiger partial charge in [0.1, 0.15) is 23.9 Å². The second kappa shape index (κ2) is 28.0. The highest BCUT2D eigenvalue weighted by molar-refractivity contribution is 8.00. The lowest BCUT2D eigenvalue weighted by atomic mass is 10.0. The van der Waals surface area contributed by atoms with E-state index in [1.165, 1.54) is 19.1 Å². The Morgan fingerprint density at radius 3 is 1.75 bits per heavy atom. The molecule has 0 aliphatic carbocycles. The van der Waals surface area contributed by atoms with E-state index in [0.29, 0.717) is 89.7 Å². The number of hydrogen-bond donors (Lipinski definition) is 5. The molecular formula is C63H71N9O14S. The Hall–Kier alpha value is -9.03. The van der Waals surface area contributed by atoms with Crippen LogP contribution in [-0.4, -0.2) is 162 Å². The van der Waals surface area contributed by atoms with Gasteiger partial charge in [-0.25, -0.2) is 0 Å². The van der Waals surface area contributed by atoms with Crippen LogP contribution < -0.4 is 45.4 Å². The lowest BCUT2D eigenvalue weighted by molar-refractivity contribution is -0.139. The molecule has 6 unspecified atom stereocenters. The molecule has 0 radical (unpaired) electrons. The van der Waals surface area contributed by atoms with Gasteiger partial charge in [0.05, 0.1) is 74.4 Å². The number of carboxylic acids is 1. The average Bonchev–Trinajstić information content (AvgIpc) is 1.99. The van der Waals surface area contributed by atoms with Crippen molar-refractivity contribution in [2.75, 3.05) is 52.2 Å². The van der Waals surface area contributed by atoms with E-state index in [-0.39, 0.29) is 85.9 Å². The number of ether oxygens (including phenoxy) is 5. The minimum absolute atomic E-state index is 0.00837. The predicted octanol–water partition coefficient (Wildman–Crippen LogP) is 6.92. The number of methoxy groups -OCH3 is 3. The number of carbonyl (C=O) groups excluding carboxylic acids is 7. The van der Waals surface area contributed by atoms with Crippen molar-refractivity contribution < 1.29 is 67.1 Å². The number of aliphatic carboxylic acids is 1. The molecule has 1 saturated heterocycles. The first-order chi connectivity index (χ1) is 41.8. The highest BCUT2D eigenvalue weighted by atomic mass is 32.2. The Labute approximate surface area is 507 Å². The third-order valence-electron chi connectivity index (χ3n) is 15.5. The van der Waals surface area contributed by atoms with E-state index in [9.17, 15) is 38.4 Å². The third kappa shape index (κ3) is 14.6. The summed E-state index contributed by atoms with van der Waals surface area (Å²) in [5.74, 6) is -1.67. The molecule has 7 amide bonds. The molecule has 4 aromatic carbocycles. The number of thioether (sulfide) groups is 1. The van der Waals surface area contributed by atoms with Gasteiger partial charge in [0.25, 0.3) is 11.8 Å². The zero-order chi connectivity index (χ0) is 62.1. The molecule has 5 aliphatic heterocycles. The van der Waals surface area contributed by atoms with Crippen LogP contribution in [0.15, 0.2) is 95.2 Å². The molecule has 0 bridgehead atoms. The fraction of sp³-hybridized carbons (Fsp3) is 0.397. The highest BCUT2D eigenvalue weighted by Gasteiger charge is 2.40. The predicted molar refractivity (Wildman–Crippen MR) is 327 cm³/mol. The van der Waals surface area contributed by atoms with Gasteiger partial charge in [0, 0.05) is 87.1 Å². The maximum atomic E-state index is 14.1. The number of hydrogen-bond acceptors (Lipinski definition) is 17. The quantitative estimate of drug-likeness (QED) is 0.0299. The molecule has 6 N–H and O–H groups in total. The zero-order valence-electron chi connectivity index (χ0n) is 49.2. The van der Waals surface area contributed by atoms with Crippen LogP contribution >= 0.6 is 11.8 Å². The number of nitrogens with one attached hydrogen (secondary N) is 3. The van der Waals surface area contributed by atoms with Gasteiger partial charge in [-0.15, -0.1) is 11.8 Å². The number of likely N-dealkylation sites (tertiary alicyclic amines) is 1. The lowest BCUT2D eigenvalue weighted by Crippen LogP contribution is -2.53. The summed E-state index contributed by atoms with van der Waals surface area (Å²) in [7, 11) is 4.64. The van der Waals surface area contributed by atoms with Gasteiger partial charge in [0.2, 0.25) is 29.5 Å². The van der Waals surface area contributed by atoms with Gasteiger partial charge in [-0.2, -0.15) is 0 Å². The Kier molecular flexibility index (Phi) is 20.1.